The zero-order chi connectivity index (χ0) is 24.2. The molecular formula is C27H29N5O3. The highest BCUT2D eigenvalue weighted by Crippen LogP contribution is 2.34. The molecule has 180 valence electrons. The fraction of sp³-hybridized carbons (Fsp3) is 0.296. The molecule has 0 spiro atoms. The van der Waals surface area contributed by atoms with Gasteiger partial charge in [0.1, 0.15) is 5.75 Å². The van der Waals surface area contributed by atoms with Crippen LogP contribution in [0.2, 0.25) is 0 Å². The van der Waals surface area contributed by atoms with Gasteiger partial charge in [-0.1, -0.05) is 24.3 Å². The smallest absolute Gasteiger partial charge is 0.253 e. The molecule has 2 aromatic heterocycles. The number of carbonyl (C=O) groups is 1. The summed E-state index contributed by atoms with van der Waals surface area (Å²) < 4.78 is 10.7. The molecule has 0 saturated carbocycles. The molecule has 2 aromatic carbocycles. The van der Waals surface area contributed by atoms with E-state index < -0.39 is 0 Å². The number of hydrogen-bond donors (Lipinski definition) is 1. The number of aromatic nitrogens is 3. The molecule has 0 aliphatic carbocycles. The van der Waals surface area contributed by atoms with Crippen molar-refractivity contribution in [2.75, 3.05) is 53.6 Å². The van der Waals surface area contributed by atoms with Crippen molar-refractivity contribution in [1.82, 2.24) is 25.0 Å². The third-order valence-electron chi connectivity index (χ3n) is 6.50. The number of amides is 1. The molecule has 1 amide bonds. The molecule has 5 rings (SSSR count). The molecule has 1 aliphatic rings. The average Bonchev–Trinajstić information content (AvgIpc) is 3.35. The summed E-state index contributed by atoms with van der Waals surface area (Å²) in [5.74, 6) is 0.823. The van der Waals surface area contributed by atoms with Gasteiger partial charge in [0.15, 0.2) is 5.65 Å². The number of fused-ring (bicyclic) bond motifs is 1. The average molecular weight is 472 g/mol. The van der Waals surface area contributed by atoms with E-state index in [4.69, 9.17) is 9.47 Å². The number of nitrogens with zero attached hydrogens (tertiary/aromatic N) is 4. The zero-order valence-electron chi connectivity index (χ0n) is 20.0. The number of carbonyl (C=O) groups excluding carboxylic acids is 1. The number of pyridine rings is 1. The Morgan fingerprint density at radius 1 is 1.00 bits per heavy atom. The third-order valence-corrected chi connectivity index (χ3v) is 6.50. The fourth-order valence-electron chi connectivity index (χ4n) is 4.52. The van der Waals surface area contributed by atoms with E-state index in [9.17, 15) is 4.79 Å². The topological polar surface area (TPSA) is 83.6 Å². The Balaban J connectivity index is 1.40. The van der Waals surface area contributed by atoms with Crippen molar-refractivity contribution in [3.63, 3.8) is 0 Å². The largest absolute Gasteiger partial charge is 0.496 e. The first kappa shape index (κ1) is 23.0. The normalized spacial score (nSPS) is 14.4. The van der Waals surface area contributed by atoms with Gasteiger partial charge >= 0.3 is 0 Å². The molecule has 0 atom stereocenters. The lowest BCUT2D eigenvalue weighted by molar-refractivity contribution is 0.0594. The fourth-order valence-corrected chi connectivity index (χ4v) is 4.52. The molecule has 35 heavy (non-hydrogen) atoms. The first-order chi connectivity index (χ1) is 17.2. The number of methoxy groups -OCH3 is 2. The van der Waals surface area contributed by atoms with Crippen LogP contribution in [0, 0.1) is 0 Å². The highest BCUT2D eigenvalue weighted by atomic mass is 16.5. The molecule has 0 radical (unpaired) electrons. The van der Waals surface area contributed by atoms with E-state index in [1.165, 1.54) is 0 Å². The quantitative estimate of drug-likeness (QED) is 0.443. The van der Waals surface area contributed by atoms with Crippen molar-refractivity contribution in [3.8, 4) is 28.1 Å². The SMILES string of the molecule is COCCN1CCN(C(=O)c2cccc(-c3cnc4n[nH]c(-c5ccccc5OC)c4c3)c2)CC1. The molecule has 4 aromatic rings. The minimum atomic E-state index is 0.0605. The Morgan fingerprint density at radius 2 is 1.83 bits per heavy atom. The summed E-state index contributed by atoms with van der Waals surface area (Å²) in [6.07, 6.45) is 1.80. The minimum absolute atomic E-state index is 0.0605. The highest BCUT2D eigenvalue weighted by molar-refractivity contribution is 5.97. The molecule has 0 unspecified atom stereocenters. The molecule has 0 bridgehead atoms. The van der Waals surface area contributed by atoms with Gasteiger partial charge in [0.05, 0.1) is 19.4 Å². The van der Waals surface area contributed by atoms with Gasteiger partial charge in [0.2, 0.25) is 0 Å². The van der Waals surface area contributed by atoms with Crippen LogP contribution >= 0.6 is 0 Å². The van der Waals surface area contributed by atoms with Gasteiger partial charge < -0.3 is 14.4 Å². The standard InChI is InChI=1S/C27H29N5O3/c1-34-15-14-31-10-12-32(13-11-31)27(33)20-7-5-6-19(16-20)21-17-23-25(29-30-26(23)28-18-21)22-8-3-4-9-24(22)35-2/h3-9,16-18H,10-15H2,1-2H3,(H,28,29,30). The summed E-state index contributed by atoms with van der Waals surface area (Å²) in [6, 6.07) is 17.6. The van der Waals surface area contributed by atoms with Gasteiger partial charge in [-0.05, 0) is 35.9 Å². The maximum Gasteiger partial charge on any atom is 0.253 e. The number of rotatable bonds is 7. The monoisotopic (exact) mass is 471 g/mol. The van der Waals surface area contributed by atoms with Crippen LogP contribution in [0.4, 0.5) is 0 Å². The first-order valence-corrected chi connectivity index (χ1v) is 11.8. The first-order valence-electron chi connectivity index (χ1n) is 11.8. The Bertz CT molecular complexity index is 1330. The molecule has 1 N–H and O–H groups in total. The van der Waals surface area contributed by atoms with Gasteiger partial charge in [-0.3, -0.25) is 14.8 Å². The molecule has 1 saturated heterocycles. The lowest BCUT2D eigenvalue weighted by Gasteiger charge is -2.34. The van der Waals surface area contributed by atoms with Crippen LogP contribution in [0.3, 0.4) is 0 Å². The van der Waals surface area contributed by atoms with E-state index in [0.717, 1.165) is 66.2 Å². The zero-order valence-corrected chi connectivity index (χ0v) is 20.0. The predicted molar refractivity (Wildman–Crippen MR) is 136 cm³/mol. The molecule has 1 fully saturated rings. The summed E-state index contributed by atoms with van der Waals surface area (Å²) in [4.78, 5) is 22.0. The Labute approximate surface area is 204 Å². The lowest BCUT2D eigenvalue weighted by atomic mass is 10.0. The lowest BCUT2D eigenvalue weighted by Crippen LogP contribution is -2.49. The van der Waals surface area contributed by atoms with E-state index in [-0.39, 0.29) is 5.91 Å². The summed E-state index contributed by atoms with van der Waals surface area (Å²) in [7, 11) is 3.37. The second-order valence-electron chi connectivity index (χ2n) is 8.60. The van der Waals surface area contributed by atoms with Gasteiger partial charge in [0, 0.05) is 68.1 Å². The van der Waals surface area contributed by atoms with Crippen LogP contribution in [0.1, 0.15) is 10.4 Å². The molecule has 8 heteroatoms. The van der Waals surface area contributed by atoms with E-state index in [0.29, 0.717) is 17.8 Å². The maximum absolute atomic E-state index is 13.2. The van der Waals surface area contributed by atoms with Gasteiger partial charge in [0.25, 0.3) is 5.91 Å². The highest BCUT2D eigenvalue weighted by Gasteiger charge is 2.22. The number of H-pyrrole nitrogens is 1. The number of nitrogens with one attached hydrogen (secondary N) is 1. The van der Waals surface area contributed by atoms with Crippen LogP contribution in [0.25, 0.3) is 33.4 Å². The summed E-state index contributed by atoms with van der Waals surface area (Å²) >= 11 is 0. The van der Waals surface area contributed by atoms with Crippen LogP contribution in [0.15, 0.2) is 60.8 Å². The van der Waals surface area contributed by atoms with E-state index in [1.54, 1.807) is 20.4 Å². The van der Waals surface area contributed by atoms with Crippen molar-refractivity contribution in [1.29, 1.82) is 0 Å². The van der Waals surface area contributed by atoms with Crippen molar-refractivity contribution in [2.45, 2.75) is 0 Å². The Hall–Kier alpha value is -3.75. The third kappa shape index (κ3) is 4.76. The number of aromatic amines is 1. The van der Waals surface area contributed by atoms with Gasteiger partial charge in [-0.25, -0.2) is 4.98 Å². The number of ether oxygens (including phenoxy) is 2. The Kier molecular flexibility index (Phi) is 6.74. The molecule has 1 aliphatic heterocycles. The summed E-state index contributed by atoms with van der Waals surface area (Å²) in [5, 5.41) is 8.38. The molecule has 3 heterocycles. The number of piperazine rings is 1. The van der Waals surface area contributed by atoms with Crippen LogP contribution in [0.5, 0.6) is 5.75 Å². The summed E-state index contributed by atoms with van der Waals surface area (Å²) in [6.45, 7) is 4.77. The van der Waals surface area contributed by atoms with Crippen molar-refractivity contribution < 1.29 is 14.3 Å². The summed E-state index contributed by atoms with van der Waals surface area (Å²) in [5.41, 5.74) is 4.96. The van der Waals surface area contributed by atoms with E-state index in [2.05, 4.69) is 26.1 Å². The maximum atomic E-state index is 13.2. The van der Waals surface area contributed by atoms with E-state index >= 15 is 0 Å². The van der Waals surface area contributed by atoms with E-state index in [1.807, 2.05) is 53.4 Å². The van der Waals surface area contributed by atoms with Gasteiger partial charge in [-0.15, -0.1) is 0 Å². The number of hydrogen-bond acceptors (Lipinski definition) is 6. The minimum Gasteiger partial charge on any atom is -0.496 e. The van der Waals surface area contributed by atoms with Crippen molar-refractivity contribution >= 4 is 16.9 Å². The Morgan fingerprint density at radius 3 is 2.63 bits per heavy atom. The van der Waals surface area contributed by atoms with Crippen molar-refractivity contribution in [3.05, 3.63) is 66.4 Å². The van der Waals surface area contributed by atoms with Crippen LogP contribution in [-0.4, -0.2) is 84.4 Å². The van der Waals surface area contributed by atoms with Crippen LogP contribution < -0.4 is 4.74 Å². The second-order valence-corrected chi connectivity index (χ2v) is 8.60. The predicted octanol–water partition coefficient (Wildman–Crippen LogP) is 3.70. The number of para-hydroxylation sites is 1. The van der Waals surface area contributed by atoms with Crippen LogP contribution in [-0.2, 0) is 4.74 Å². The molecule has 8 nitrogen and oxygen atoms in total. The molecular weight excluding hydrogens is 442 g/mol. The van der Waals surface area contributed by atoms with Crippen molar-refractivity contribution in [2.24, 2.45) is 0 Å². The number of benzene rings is 2. The van der Waals surface area contributed by atoms with Gasteiger partial charge in [-0.2, -0.15) is 5.10 Å². The second kappa shape index (κ2) is 10.2.